The third kappa shape index (κ3) is 6.18. The number of rotatable bonds is 9. The Morgan fingerprint density at radius 1 is 0.875 bits per heavy atom. The lowest BCUT2D eigenvalue weighted by molar-refractivity contribution is -0.116. The summed E-state index contributed by atoms with van der Waals surface area (Å²) in [7, 11) is 0. The summed E-state index contributed by atoms with van der Waals surface area (Å²) in [6, 6.07) is 22.6. The minimum atomic E-state index is -0.529. The third-order valence-electron chi connectivity index (χ3n) is 4.79. The maximum absolute atomic E-state index is 12.9. The Morgan fingerprint density at radius 3 is 2.22 bits per heavy atom. The number of para-hydroxylation sites is 1. The molecule has 0 saturated heterocycles. The number of nitrogens with one attached hydrogen (secondary N) is 1. The van der Waals surface area contributed by atoms with Gasteiger partial charge in [0.15, 0.2) is 0 Å². The van der Waals surface area contributed by atoms with E-state index in [4.69, 9.17) is 10.5 Å². The molecule has 0 aliphatic heterocycles. The maximum Gasteiger partial charge on any atom is 0.253 e. The predicted octanol–water partition coefficient (Wildman–Crippen LogP) is 4.07. The predicted molar refractivity (Wildman–Crippen MR) is 123 cm³/mol. The number of amides is 3. The van der Waals surface area contributed by atoms with Gasteiger partial charge in [-0.25, -0.2) is 0 Å². The molecular weight excluding hydrogens is 406 g/mol. The van der Waals surface area contributed by atoms with Crippen molar-refractivity contribution in [1.29, 1.82) is 0 Å². The lowest BCUT2D eigenvalue weighted by atomic mass is 10.1. The number of benzene rings is 3. The molecule has 0 spiro atoms. The highest BCUT2D eigenvalue weighted by Gasteiger charge is 2.16. The lowest BCUT2D eigenvalue weighted by Gasteiger charge is -2.21. The number of carbonyl (C=O) groups excluding carboxylic acids is 3. The number of nitrogens with zero attached hydrogens (tertiary/aromatic N) is 1. The fourth-order valence-corrected chi connectivity index (χ4v) is 3.08. The summed E-state index contributed by atoms with van der Waals surface area (Å²) in [5, 5.41) is 2.75. The van der Waals surface area contributed by atoms with Gasteiger partial charge in [-0.3, -0.25) is 14.4 Å². The number of primary amides is 1. The first-order valence-electron chi connectivity index (χ1n) is 10.3. The van der Waals surface area contributed by atoms with Crippen molar-refractivity contribution in [3.05, 3.63) is 90.0 Å². The van der Waals surface area contributed by atoms with Gasteiger partial charge in [0.2, 0.25) is 11.8 Å². The normalized spacial score (nSPS) is 10.3. The first-order chi connectivity index (χ1) is 15.5. The van der Waals surface area contributed by atoms with Crippen LogP contribution in [-0.2, 0) is 4.79 Å². The van der Waals surface area contributed by atoms with Gasteiger partial charge in [-0.1, -0.05) is 24.3 Å². The van der Waals surface area contributed by atoms with Crippen LogP contribution in [0.1, 0.15) is 34.1 Å². The second kappa shape index (κ2) is 10.8. The van der Waals surface area contributed by atoms with Crippen molar-refractivity contribution >= 4 is 23.4 Å². The minimum absolute atomic E-state index is 0.136. The monoisotopic (exact) mass is 431 g/mol. The van der Waals surface area contributed by atoms with Crippen molar-refractivity contribution in [1.82, 2.24) is 4.90 Å². The van der Waals surface area contributed by atoms with Crippen LogP contribution in [0, 0.1) is 0 Å². The van der Waals surface area contributed by atoms with E-state index >= 15 is 0 Å². The van der Waals surface area contributed by atoms with Crippen LogP contribution in [0.2, 0.25) is 0 Å². The Hall–Kier alpha value is -4.13. The molecule has 3 aromatic carbocycles. The topological polar surface area (TPSA) is 102 Å². The molecule has 0 radical (unpaired) electrons. The van der Waals surface area contributed by atoms with Crippen LogP contribution in [0.15, 0.2) is 78.9 Å². The summed E-state index contributed by atoms with van der Waals surface area (Å²) in [5.41, 5.74) is 6.62. The van der Waals surface area contributed by atoms with Crippen molar-refractivity contribution in [2.75, 3.05) is 18.4 Å². The second-order valence-corrected chi connectivity index (χ2v) is 7.07. The fraction of sp³-hybridized carbons (Fsp3) is 0.160. The summed E-state index contributed by atoms with van der Waals surface area (Å²) in [6.45, 7) is 2.59. The first-order valence-corrected chi connectivity index (χ1v) is 10.3. The van der Waals surface area contributed by atoms with Gasteiger partial charge in [0, 0.05) is 36.3 Å². The molecule has 0 unspecified atom stereocenters. The van der Waals surface area contributed by atoms with Crippen LogP contribution in [0.5, 0.6) is 11.5 Å². The number of hydrogen-bond acceptors (Lipinski definition) is 4. The van der Waals surface area contributed by atoms with Gasteiger partial charge < -0.3 is 20.7 Å². The largest absolute Gasteiger partial charge is 0.457 e. The summed E-state index contributed by atoms with van der Waals surface area (Å²) in [4.78, 5) is 38.0. The van der Waals surface area contributed by atoms with Crippen molar-refractivity contribution in [3.63, 3.8) is 0 Å². The van der Waals surface area contributed by atoms with E-state index in [-0.39, 0.29) is 24.8 Å². The number of ether oxygens (including phenoxy) is 1. The van der Waals surface area contributed by atoms with Crippen LogP contribution >= 0.6 is 0 Å². The minimum Gasteiger partial charge on any atom is -0.457 e. The molecule has 0 atom stereocenters. The van der Waals surface area contributed by atoms with Gasteiger partial charge in [-0.15, -0.1) is 0 Å². The molecule has 3 N–H and O–H groups in total. The van der Waals surface area contributed by atoms with E-state index in [1.54, 1.807) is 53.4 Å². The fourth-order valence-electron chi connectivity index (χ4n) is 3.08. The van der Waals surface area contributed by atoms with Crippen LogP contribution in [0.25, 0.3) is 0 Å². The van der Waals surface area contributed by atoms with E-state index in [0.717, 1.165) is 0 Å². The molecule has 0 bridgehead atoms. The van der Waals surface area contributed by atoms with Gasteiger partial charge in [-0.2, -0.15) is 0 Å². The summed E-state index contributed by atoms with van der Waals surface area (Å²) in [5.74, 6) is 0.312. The molecule has 0 saturated carbocycles. The zero-order valence-electron chi connectivity index (χ0n) is 17.8. The van der Waals surface area contributed by atoms with E-state index in [0.29, 0.717) is 34.9 Å². The molecule has 3 aromatic rings. The standard InChI is InChI=1S/C25H25N3O4/c1-2-28(16-15-23(29)27-20-13-11-18(12-14-20)24(26)30)25(31)19-7-6-10-22(17-19)32-21-8-4-3-5-9-21/h3-14,17H,2,15-16H2,1H3,(H2,26,30)(H,27,29). The molecule has 0 fully saturated rings. The molecule has 7 heteroatoms. The van der Waals surface area contributed by atoms with Crippen molar-refractivity contribution < 1.29 is 19.1 Å². The highest BCUT2D eigenvalue weighted by molar-refractivity contribution is 5.96. The van der Waals surface area contributed by atoms with E-state index in [1.165, 1.54) is 0 Å². The van der Waals surface area contributed by atoms with E-state index in [1.807, 2.05) is 37.3 Å². The molecule has 3 amide bonds. The van der Waals surface area contributed by atoms with E-state index in [9.17, 15) is 14.4 Å². The number of nitrogens with two attached hydrogens (primary N) is 1. The number of hydrogen-bond donors (Lipinski definition) is 2. The molecule has 7 nitrogen and oxygen atoms in total. The first kappa shape index (κ1) is 22.6. The van der Waals surface area contributed by atoms with Gasteiger partial charge >= 0.3 is 0 Å². The van der Waals surface area contributed by atoms with E-state index in [2.05, 4.69) is 5.32 Å². The summed E-state index contributed by atoms with van der Waals surface area (Å²) >= 11 is 0. The van der Waals surface area contributed by atoms with Crippen molar-refractivity contribution in [2.45, 2.75) is 13.3 Å². The average molecular weight is 431 g/mol. The summed E-state index contributed by atoms with van der Waals surface area (Å²) in [6.07, 6.45) is 0.136. The Bertz CT molecular complexity index is 1080. The number of anilines is 1. The Balaban J connectivity index is 1.58. The van der Waals surface area contributed by atoms with E-state index < -0.39 is 5.91 Å². The Labute approximate surface area is 186 Å². The van der Waals surface area contributed by atoms with Gasteiger partial charge in [-0.05, 0) is 61.5 Å². The Kier molecular flexibility index (Phi) is 7.59. The van der Waals surface area contributed by atoms with Crippen LogP contribution < -0.4 is 15.8 Å². The molecule has 0 aliphatic rings. The molecule has 0 heterocycles. The van der Waals surface area contributed by atoms with Gasteiger partial charge in [0.1, 0.15) is 11.5 Å². The zero-order chi connectivity index (χ0) is 22.9. The number of carbonyl (C=O) groups is 3. The van der Waals surface area contributed by atoms with Crippen LogP contribution in [-0.4, -0.2) is 35.7 Å². The van der Waals surface area contributed by atoms with Gasteiger partial charge in [0.25, 0.3) is 5.91 Å². The van der Waals surface area contributed by atoms with Crippen LogP contribution in [0.3, 0.4) is 0 Å². The van der Waals surface area contributed by atoms with Crippen molar-refractivity contribution in [2.24, 2.45) is 5.73 Å². The quantitative estimate of drug-likeness (QED) is 0.533. The third-order valence-corrected chi connectivity index (χ3v) is 4.79. The Morgan fingerprint density at radius 2 is 1.56 bits per heavy atom. The smallest absolute Gasteiger partial charge is 0.253 e. The average Bonchev–Trinajstić information content (AvgIpc) is 2.80. The highest BCUT2D eigenvalue weighted by Crippen LogP contribution is 2.22. The molecule has 164 valence electrons. The summed E-state index contributed by atoms with van der Waals surface area (Å²) < 4.78 is 5.81. The molecule has 0 aliphatic carbocycles. The van der Waals surface area contributed by atoms with Crippen LogP contribution in [0.4, 0.5) is 5.69 Å². The molecule has 32 heavy (non-hydrogen) atoms. The van der Waals surface area contributed by atoms with Gasteiger partial charge in [0.05, 0.1) is 0 Å². The van der Waals surface area contributed by atoms with Crippen molar-refractivity contribution in [3.8, 4) is 11.5 Å². The molecule has 0 aromatic heterocycles. The highest BCUT2D eigenvalue weighted by atomic mass is 16.5. The molecular formula is C25H25N3O4. The second-order valence-electron chi connectivity index (χ2n) is 7.07. The molecule has 3 rings (SSSR count). The lowest BCUT2D eigenvalue weighted by Crippen LogP contribution is -2.33. The SMILES string of the molecule is CCN(CCC(=O)Nc1ccc(C(N)=O)cc1)C(=O)c1cccc(Oc2ccccc2)c1. The zero-order valence-corrected chi connectivity index (χ0v) is 17.8. The maximum atomic E-state index is 12.9.